The fourth-order valence-corrected chi connectivity index (χ4v) is 3.71. The lowest BCUT2D eigenvalue weighted by atomic mass is 10.1. The van der Waals surface area contributed by atoms with Crippen LogP contribution in [0.4, 0.5) is 17.6 Å². The van der Waals surface area contributed by atoms with Crippen LogP contribution in [0.3, 0.4) is 0 Å². The molecule has 6 nitrogen and oxygen atoms in total. The number of nitrogens with zero attached hydrogens (tertiary/aromatic N) is 4. The van der Waals surface area contributed by atoms with E-state index in [1.165, 1.54) is 16.8 Å². The van der Waals surface area contributed by atoms with Crippen molar-refractivity contribution in [3.8, 4) is 17.3 Å². The molecule has 0 saturated carbocycles. The second kappa shape index (κ2) is 9.34. The summed E-state index contributed by atoms with van der Waals surface area (Å²) in [6.45, 7) is 7.65. The number of benzene rings is 2. The van der Waals surface area contributed by atoms with Gasteiger partial charge in [0.2, 0.25) is 5.43 Å². The quantitative estimate of drug-likeness (QED) is 0.234. The summed E-state index contributed by atoms with van der Waals surface area (Å²) in [7, 11) is 0. The first kappa shape index (κ1) is 25.3. The fraction of sp³-hybridized carbons (Fsp3) is 0.200. The van der Waals surface area contributed by atoms with Crippen molar-refractivity contribution in [1.82, 2.24) is 19.7 Å². The van der Waals surface area contributed by atoms with Crippen LogP contribution in [-0.2, 0) is 6.18 Å². The van der Waals surface area contributed by atoms with E-state index in [9.17, 15) is 22.4 Å². The van der Waals surface area contributed by atoms with Gasteiger partial charge in [0.25, 0.3) is 5.89 Å². The van der Waals surface area contributed by atoms with Gasteiger partial charge in [0.05, 0.1) is 17.1 Å². The van der Waals surface area contributed by atoms with E-state index in [1.54, 1.807) is 12.1 Å². The maximum Gasteiger partial charge on any atom is 0.433 e. The smallest absolute Gasteiger partial charge is 0.433 e. The number of pyridine rings is 1. The van der Waals surface area contributed by atoms with Crippen molar-refractivity contribution >= 4 is 33.6 Å². The Morgan fingerprint density at radius 1 is 1.03 bits per heavy atom. The highest BCUT2D eigenvalue weighted by Crippen LogP contribution is 2.31. The van der Waals surface area contributed by atoms with E-state index < -0.39 is 23.1 Å². The third kappa shape index (κ3) is 4.44. The second-order valence-corrected chi connectivity index (χ2v) is 8.13. The van der Waals surface area contributed by atoms with Crippen molar-refractivity contribution < 1.29 is 22.0 Å². The molecule has 0 N–H and O–H groups in total. The number of hydrogen-bond donors (Lipinski definition) is 0. The van der Waals surface area contributed by atoms with E-state index >= 15 is 0 Å². The molecule has 0 aliphatic carbocycles. The summed E-state index contributed by atoms with van der Waals surface area (Å²) in [6, 6.07) is 8.02. The van der Waals surface area contributed by atoms with Crippen LogP contribution in [0, 0.1) is 19.7 Å². The highest BCUT2D eigenvalue weighted by Gasteiger charge is 2.33. The molecule has 0 atom stereocenters. The molecule has 186 valence electrons. The molecule has 0 aliphatic rings. The molecule has 3 aromatic heterocycles. The average molecular weight is 519 g/mol. The summed E-state index contributed by atoms with van der Waals surface area (Å²) in [5.74, 6) is -1.00. The van der Waals surface area contributed by atoms with Crippen LogP contribution in [-0.4, -0.2) is 19.7 Å². The van der Waals surface area contributed by atoms with Gasteiger partial charge in [-0.05, 0) is 61.4 Å². The first-order chi connectivity index (χ1) is 17.0. The zero-order valence-electron chi connectivity index (χ0n) is 19.5. The van der Waals surface area contributed by atoms with E-state index in [-0.39, 0.29) is 38.8 Å². The molecule has 5 aromatic rings. The Bertz CT molecular complexity index is 1680. The predicted octanol–water partition coefficient (Wildman–Crippen LogP) is 7.04. The number of fused-ring (bicyclic) bond motifs is 2. The third-order valence-electron chi connectivity index (χ3n) is 5.41. The molecule has 0 spiro atoms. The molecule has 0 aliphatic heterocycles. The Kier molecular flexibility index (Phi) is 6.57. The molecule has 36 heavy (non-hydrogen) atoms. The minimum atomic E-state index is -4.68. The molecule has 2 aromatic carbocycles. The summed E-state index contributed by atoms with van der Waals surface area (Å²) < 4.78 is 60.6. The summed E-state index contributed by atoms with van der Waals surface area (Å²) in [5, 5.41) is 4.67. The fourth-order valence-electron chi connectivity index (χ4n) is 3.55. The predicted molar refractivity (Wildman–Crippen MR) is 129 cm³/mol. The van der Waals surface area contributed by atoms with Crippen LogP contribution in [0.5, 0.6) is 0 Å². The Labute approximate surface area is 207 Å². The van der Waals surface area contributed by atoms with Crippen LogP contribution in [0.15, 0.2) is 51.8 Å². The lowest BCUT2D eigenvalue weighted by molar-refractivity contribution is -0.141. The maximum atomic E-state index is 14.8. The molecule has 5 rings (SSSR count). The molecular formula is C25H19ClF4N4O2. The van der Waals surface area contributed by atoms with Crippen LogP contribution in [0.1, 0.15) is 30.7 Å². The lowest BCUT2D eigenvalue weighted by Gasteiger charge is -2.14. The first-order valence-corrected chi connectivity index (χ1v) is 11.2. The van der Waals surface area contributed by atoms with Gasteiger partial charge in [-0.1, -0.05) is 25.4 Å². The van der Waals surface area contributed by atoms with Gasteiger partial charge in [-0.2, -0.15) is 18.3 Å². The van der Waals surface area contributed by atoms with Gasteiger partial charge in [0.1, 0.15) is 22.7 Å². The molecule has 0 radical (unpaired) electrons. The summed E-state index contributed by atoms with van der Waals surface area (Å²) >= 11 is 5.88. The minimum absolute atomic E-state index is 0.0102. The van der Waals surface area contributed by atoms with Crippen molar-refractivity contribution in [1.29, 1.82) is 0 Å². The van der Waals surface area contributed by atoms with Crippen molar-refractivity contribution in [3.63, 3.8) is 0 Å². The van der Waals surface area contributed by atoms with Gasteiger partial charge in [0, 0.05) is 5.02 Å². The standard InChI is InChI=1S/C23H13ClF4N4O2.C2H6/c1-10-5-13-17(6-11(10)2)32(16-4-3-12(24)7-14(16)25)31-20(21(13)33)22-30-15-8-19(23(26,27)28)29-9-18(15)34-22;1-2/h3-9H,1-2H3;1-2H3. The topological polar surface area (TPSA) is 73.8 Å². The second-order valence-electron chi connectivity index (χ2n) is 7.69. The molecule has 0 saturated heterocycles. The van der Waals surface area contributed by atoms with Crippen LogP contribution in [0.25, 0.3) is 39.3 Å². The Hall–Kier alpha value is -3.79. The number of halogens is 5. The van der Waals surface area contributed by atoms with Crippen LogP contribution < -0.4 is 5.43 Å². The number of alkyl halides is 3. The summed E-state index contributed by atoms with van der Waals surface area (Å²) in [4.78, 5) is 20.7. The first-order valence-electron chi connectivity index (χ1n) is 10.9. The van der Waals surface area contributed by atoms with Crippen molar-refractivity contribution in [2.75, 3.05) is 0 Å². The number of oxazole rings is 1. The van der Waals surface area contributed by atoms with Crippen molar-refractivity contribution in [2.24, 2.45) is 0 Å². The highest BCUT2D eigenvalue weighted by molar-refractivity contribution is 6.30. The molecule has 0 bridgehead atoms. The SMILES string of the molecule is CC.Cc1cc2c(=O)c(-c3nc4cc(C(F)(F)F)ncc4o3)nn(-c3ccc(Cl)cc3F)c2cc1C. The van der Waals surface area contributed by atoms with Gasteiger partial charge in [0.15, 0.2) is 11.3 Å². The molecular weight excluding hydrogens is 500 g/mol. The summed E-state index contributed by atoms with van der Waals surface area (Å²) in [6.07, 6.45) is -3.80. The molecule has 0 amide bonds. The van der Waals surface area contributed by atoms with E-state index in [0.717, 1.165) is 23.4 Å². The van der Waals surface area contributed by atoms with E-state index in [2.05, 4.69) is 15.1 Å². The normalized spacial score (nSPS) is 11.6. The Morgan fingerprint density at radius 2 is 1.72 bits per heavy atom. The van der Waals surface area contributed by atoms with Gasteiger partial charge < -0.3 is 4.42 Å². The molecule has 3 heterocycles. The highest BCUT2D eigenvalue weighted by atomic mass is 35.5. The van der Waals surface area contributed by atoms with E-state index in [4.69, 9.17) is 16.0 Å². The number of rotatable bonds is 2. The number of aryl methyl sites for hydroxylation is 2. The third-order valence-corrected chi connectivity index (χ3v) is 5.64. The average Bonchev–Trinajstić information content (AvgIpc) is 3.25. The lowest BCUT2D eigenvalue weighted by Crippen LogP contribution is -2.17. The molecule has 0 fully saturated rings. The number of aromatic nitrogens is 4. The monoisotopic (exact) mass is 518 g/mol. The van der Waals surface area contributed by atoms with Crippen LogP contribution in [0.2, 0.25) is 5.02 Å². The van der Waals surface area contributed by atoms with E-state index in [1.807, 2.05) is 27.7 Å². The van der Waals surface area contributed by atoms with Crippen molar-refractivity contribution in [2.45, 2.75) is 33.9 Å². The maximum absolute atomic E-state index is 14.8. The zero-order valence-corrected chi connectivity index (χ0v) is 20.3. The van der Waals surface area contributed by atoms with Crippen molar-refractivity contribution in [3.05, 3.63) is 80.5 Å². The molecule has 11 heteroatoms. The van der Waals surface area contributed by atoms with Crippen LogP contribution >= 0.6 is 11.6 Å². The largest absolute Gasteiger partial charge is 0.433 e. The van der Waals surface area contributed by atoms with Gasteiger partial charge in [-0.15, -0.1) is 0 Å². The summed E-state index contributed by atoms with van der Waals surface area (Å²) in [5.41, 5.74) is -0.242. The van der Waals surface area contributed by atoms with Gasteiger partial charge in [-0.3, -0.25) is 4.79 Å². The Balaban J connectivity index is 0.00000148. The minimum Gasteiger partial charge on any atom is -0.433 e. The van der Waals surface area contributed by atoms with E-state index in [0.29, 0.717) is 11.6 Å². The zero-order chi connectivity index (χ0) is 26.4. The number of hydrogen-bond acceptors (Lipinski definition) is 5. The Morgan fingerprint density at radius 3 is 2.39 bits per heavy atom. The van der Waals surface area contributed by atoms with Gasteiger partial charge >= 0.3 is 6.18 Å². The van der Waals surface area contributed by atoms with Gasteiger partial charge in [-0.25, -0.2) is 19.0 Å². The molecule has 0 unspecified atom stereocenters.